The summed E-state index contributed by atoms with van der Waals surface area (Å²) in [5, 5.41) is 13.0. The lowest BCUT2D eigenvalue weighted by molar-refractivity contribution is -0.120. The van der Waals surface area contributed by atoms with Crippen LogP contribution in [-0.4, -0.2) is 36.8 Å². The van der Waals surface area contributed by atoms with E-state index in [1.54, 1.807) is 6.07 Å². The number of amides is 1. The number of carbonyl (C=O) groups excluding carboxylic acids is 1. The third-order valence-electron chi connectivity index (χ3n) is 6.00. The number of nitrogens with one attached hydrogen (secondary N) is 1. The topological polar surface area (TPSA) is 86.7 Å². The van der Waals surface area contributed by atoms with Crippen molar-refractivity contribution in [3.63, 3.8) is 0 Å². The maximum atomic E-state index is 13.1. The molecule has 4 rings (SSSR count). The van der Waals surface area contributed by atoms with E-state index < -0.39 is 10.0 Å². The fourth-order valence-electron chi connectivity index (χ4n) is 4.22. The smallest absolute Gasteiger partial charge is 0.243 e. The number of phenolic OH excluding ortho intramolecular Hbond substituents is 1. The van der Waals surface area contributed by atoms with E-state index in [-0.39, 0.29) is 23.3 Å². The van der Waals surface area contributed by atoms with Gasteiger partial charge in [-0.25, -0.2) is 8.42 Å². The Hall–Kier alpha value is -2.09. The van der Waals surface area contributed by atoms with E-state index in [2.05, 4.69) is 5.32 Å². The van der Waals surface area contributed by atoms with Gasteiger partial charge in [0.05, 0.1) is 10.6 Å². The molecule has 1 heterocycles. The van der Waals surface area contributed by atoms with E-state index in [9.17, 15) is 18.3 Å². The summed E-state index contributed by atoms with van der Waals surface area (Å²) in [7, 11) is -3.57. The second kappa shape index (κ2) is 8.57. The van der Waals surface area contributed by atoms with Gasteiger partial charge in [-0.3, -0.25) is 4.79 Å². The summed E-state index contributed by atoms with van der Waals surface area (Å²) >= 11 is 5.92. The molecule has 0 radical (unpaired) electrons. The van der Waals surface area contributed by atoms with Crippen LogP contribution >= 0.6 is 11.6 Å². The minimum Gasteiger partial charge on any atom is -0.506 e. The number of aryl methyl sites for hydroxylation is 2. The minimum absolute atomic E-state index is 0.0554. The highest BCUT2D eigenvalue weighted by Gasteiger charge is 2.32. The first kappa shape index (κ1) is 21.2. The van der Waals surface area contributed by atoms with Gasteiger partial charge >= 0.3 is 0 Å². The Labute approximate surface area is 181 Å². The van der Waals surface area contributed by atoms with Crippen molar-refractivity contribution < 1.29 is 18.3 Å². The molecular weight excluding hydrogens is 424 g/mol. The quantitative estimate of drug-likeness (QED) is 0.693. The van der Waals surface area contributed by atoms with Gasteiger partial charge in [0.15, 0.2) is 0 Å². The van der Waals surface area contributed by atoms with E-state index in [1.165, 1.54) is 28.1 Å². The molecule has 2 aliphatic rings. The van der Waals surface area contributed by atoms with Crippen molar-refractivity contribution in [1.82, 2.24) is 4.31 Å². The van der Waals surface area contributed by atoms with Crippen LogP contribution in [0.25, 0.3) is 0 Å². The zero-order chi connectivity index (χ0) is 21.3. The minimum atomic E-state index is -3.57. The third kappa shape index (κ3) is 4.33. The second-order valence-electron chi connectivity index (χ2n) is 7.97. The second-order valence-corrected chi connectivity index (χ2v) is 10.3. The summed E-state index contributed by atoms with van der Waals surface area (Å²) < 4.78 is 27.7. The lowest BCUT2D eigenvalue weighted by atomic mass is 9.92. The first-order valence-electron chi connectivity index (χ1n) is 10.3. The molecule has 0 saturated carbocycles. The monoisotopic (exact) mass is 448 g/mol. The number of nitrogens with zero attached hydrogens (tertiary/aromatic N) is 1. The van der Waals surface area contributed by atoms with E-state index in [1.807, 2.05) is 12.1 Å². The van der Waals surface area contributed by atoms with Crippen LogP contribution in [-0.2, 0) is 27.7 Å². The molecule has 1 amide bonds. The molecular formula is C22H25ClN2O4S. The van der Waals surface area contributed by atoms with Crippen LogP contribution in [0.4, 0.5) is 5.69 Å². The van der Waals surface area contributed by atoms with Crippen LogP contribution < -0.4 is 5.32 Å². The molecule has 6 nitrogen and oxygen atoms in total. The molecule has 0 aromatic heterocycles. The molecule has 0 bridgehead atoms. The predicted octanol–water partition coefficient (Wildman–Crippen LogP) is 3.96. The number of halogens is 1. The number of fused-ring (bicyclic) bond motifs is 1. The number of hydrogen-bond acceptors (Lipinski definition) is 4. The maximum Gasteiger partial charge on any atom is 0.243 e. The van der Waals surface area contributed by atoms with E-state index in [0.717, 1.165) is 31.2 Å². The number of rotatable bonds is 4. The van der Waals surface area contributed by atoms with E-state index in [0.29, 0.717) is 35.8 Å². The van der Waals surface area contributed by atoms with Crippen LogP contribution in [0.2, 0.25) is 5.02 Å². The van der Waals surface area contributed by atoms with Crippen LogP contribution in [0.15, 0.2) is 41.3 Å². The number of hydrogen-bond donors (Lipinski definition) is 2. The molecule has 2 N–H and O–H groups in total. The molecule has 0 atom stereocenters. The standard InChI is InChI=1S/C22H25ClN2O4S/c23-18-6-8-21(26)20(14-18)24-22(27)16-9-11-25(12-10-16)30(28,29)19-7-5-15-3-1-2-4-17(15)13-19/h5-8,13-14,16,26H,1-4,9-12H2,(H,24,27). The maximum absolute atomic E-state index is 13.1. The molecule has 1 saturated heterocycles. The van der Waals surface area contributed by atoms with Gasteiger partial charge in [-0.2, -0.15) is 4.31 Å². The number of aromatic hydroxyl groups is 1. The van der Waals surface area contributed by atoms with Crippen LogP contribution in [0.1, 0.15) is 36.8 Å². The Morgan fingerprint density at radius 3 is 2.47 bits per heavy atom. The summed E-state index contributed by atoms with van der Waals surface area (Å²) in [5.74, 6) is -0.614. The van der Waals surface area contributed by atoms with Gasteiger partial charge in [-0.05, 0) is 80.0 Å². The number of anilines is 1. The van der Waals surface area contributed by atoms with Crippen molar-refractivity contribution in [2.24, 2.45) is 5.92 Å². The number of phenols is 1. The number of benzene rings is 2. The third-order valence-corrected chi connectivity index (χ3v) is 8.13. The SMILES string of the molecule is O=C(Nc1cc(Cl)ccc1O)C1CCN(S(=O)(=O)c2ccc3c(c2)CCCC3)CC1. The molecule has 30 heavy (non-hydrogen) atoms. The number of sulfonamides is 1. The largest absolute Gasteiger partial charge is 0.506 e. The molecule has 8 heteroatoms. The van der Waals surface area contributed by atoms with Crippen molar-refractivity contribution in [2.75, 3.05) is 18.4 Å². The first-order valence-corrected chi connectivity index (χ1v) is 12.1. The average molecular weight is 449 g/mol. The zero-order valence-electron chi connectivity index (χ0n) is 16.6. The lowest BCUT2D eigenvalue weighted by Crippen LogP contribution is -2.41. The molecule has 1 fully saturated rings. The molecule has 0 unspecified atom stereocenters. The Bertz CT molecular complexity index is 1060. The fraction of sp³-hybridized carbons (Fsp3) is 0.409. The zero-order valence-corrected chi connectivity index (χ0v) is 18.2. The predicted molar refractivity (Wildman–Crippen MR) is 116 cm³/mol. The molecule has 1 aliphatic carbocycles. The normalized spacial score (nSPS) is 18.0. The van der Waals surface area contributed by atoms with Crippen molar-refractivity contribution in [2.45, 2.75) is 43.4 Å². The summed E-state index contributed by atoms with van der Waals surface area (Å²) in [4.78, 5) is 12.9. The van der Waals surface area contributed by atoms with Gasteiger partial charge in [0.1, 0.15) is 5.75 Å². The van der Waals surface area contributed by atoms with Gasteiger partial charge in [-0.1, -0.05) is 17.7 Å². The highest BCUT2D eigenvalue weighted by atomic mass is 35.5. The summed E-state index contributed by atoms with van der Waals surface area (Å²) in [6, 6.07) is 9.93. The van der Waals surface area contributed by atoms with Crippen LogP contribution in [0, 0.1) is 5.92 Å². The summed E-state index contributed by atoms with van der Waals surface area (Å²) in [6.07, 6.45) is 5.05. The Balaban J connectivity index is 1.41. The average Bonchev–Trinajstić information content (AvgIpc) is 2.76. The molecule has 0 spiro atoms. The van der Waals surface area contributed by atoms with E-state index in [4.69, 9.17) is 11.6 Å². The summed E-state index contributed by atoms with van der Waals surface area (Å²) in [5.41, 5.74) is 2.65. The lowest BCUT2D eigenvalue weighted by Gasteiger charge is -2.31. The van der Waals surface area contributed by atoms with Gasteiger partial charge in [0.25, 0.3) is 0 Å². The van der Waals surface area contributed by atoms with Gasteiger partial charge in [0, 0.05) is 24.0 Å². The highest BCUT2D eigenvalue weighted by Crippen LogP contribution is 2.30. The Kier molecular flexibility index (Phi) is 6.04. The fourth-order valence-corrected chi connectivity index (χ4v) is 5.91. The van der Waals surface area contributed by atoms with E-state index >= 15 is 0 Å². The van der Waals surface area contributed by atoms with Crippen molar-refractivity contribution in [3.05, 3.63) is 52.5 Å². The molecule has 2 aromatic rings. The summed E-state index contributed by atoms with van der Waals surface area (Å²) in [6.45, 7) is 0.581. The van der Waals surface area contributed by atoms with Crippen LogP contribution in [0.5, 0.6) is 5.75 Å². The van der Waals surface area contributed by atoms with Gasteiger partial charge in [0.2, 0.25) is 15.9 Å². The molecule has 1 aliphatic heterocycles. The highest BCUT2D eigenvalue weighted by molar-refractivity contribution is 7.89. The molecule has 160 valence electrons. The number of piperidine rings is 1. The van der Waals surface area contributed by atoms with Crippen molar-refractivity contribution in [3.8, 4) is 5.75 Å². The van der Waals surface area contributed by atoms with Crippen molar-refractivity contribution in [1.29, 1.82) is 0 Å². The van der Waals surface area contributed by atoms with Gasteiger partial charge < -0.3 is 10.4 Å². The Morgan fingerprint density at radius 2 is 1.73 bits per heavy atom. The molecule has 2 aromatic carbocycles. The van der Waals surface area contributed by atoms with Gasteiger partial charge in [-0.15, -0.1) is 0 Å². The Morgan fingerprint density at radius 1 is 1.03 bits per heavy atom. The number of carbonyl (C=O) groups is 1. The first-order chi connectivity index (χ1) is 14.3. The van der Waals surface area contributed by atoms with Crippen molar-refractivity contribution >= 4 is 33.2 Å². The van der Waals surface area contributed by atoms with Crippen LogP contribution in [0.3, 0.4) is 0 Å².